The van der Waals surface area contributed by atoms with Crippen molar-refractivity contribution in [3.05, 3.63) is 59.7 Å². The van der Waals surface area contributed by atoms with Gasteiger partial charge in [-0.05, 0) is 48.9 Å². The van der Waals surface area contributed by atoms with Gasteiger partial charge in [-0.1, -0.05) is 12.1 Å². The van der Waals surface area contributed by atoms with Gasteiger partial charge >= 0.3 is 12.1 Å². The molecule has 2 aromatic carbocycles. The summed E-state index contributed by atoms with van der Waals surface area (Å²) in [4.78, 5) is 44.8. The van der Waals surface area contributed by atoms with Gasteiger partial charge in [-0.3, -0.25) is 4.79 Å². The number of nitrogens with one attached hydrogen (secondary N) is 1. The van der Waals surface area contributed by atoms with Gasteiger partial charge in [-0.2, -0.15) is 0 Å². The maximum atomic E-state index is 12.5. The molecule has 10 heteroatoms. The van der Waals surface area contributed by atoms with Gasteiger partial charge in [0.25, 0.3) is 0 Å². The second kappa shape index (κ2) is 10.9. The topological polar surface area (TPSA) is 121 Å². The fraction of sp³-hybridized carbons (Fsp3) is 0.308. The van der Waals surface area contributed by atoms with Gasteiger partial charge in [-0.25, -0.2) is 14.6 Å². The number of hydrogen-bond donors (Lipinski definition) is 2. The number of aromatic nitrogens is 1. The maximum absolute atomic E-state index is 12.5. The van der Waals surface area contributed by atoms with E-state index in [1.807, 2.05) is 17.0 Å². The van der Waals surface area contributed by atoms with E-state index in [4.69, 9.17) is 9.47 Å². The highest BCUT2D eigenvalue weighted by Gasteiger charge is 2.24. The van der Waals surface area contributed by atoms with Crippen LogP contribution >= 0.6 is 0 Å². The van der Waals surface area contributed by atoms with E-state index in [1.54, 1.807) is 49.3 Å². The molecule has 0 bridgehead atoms. The molecule has 0 aliphatic carbocycles. The van der Waals surface area contributed by atoms with Crippen LogP contribution in [0.15, 0.2) is 48.5 Å². The predicted octanol–water partition coefficient (Wildman–Crippen LogP) is 3.40. The number of fused-ring (bicyclic) bond motifs is 1. The van der Waals surface area contributed by atoms with E-state index in [0.29, 0.717) is 60.9 Å². The second-order valence-corrected chi connectivity index (χ2v) is 8.31. The molecule has 4 rings (SSSR count). The Kier molecular flexibility index (Phi) is 7.53. The largest absolute Gasteiger partial charge is 0.497 e. The minimum atomic E-state index is -1.09. The highest BCUT2D eigenvalue weighted by atomic mass is 16.6. The van der Waals surface area contributed by atoms with E-state index >= 15 is 0 Å². The summed E-state index contributed by atoms with van der Waals surface area (Å²) in [6.45, 7) is 4.02. The van der Waals surface area contributed by atoms with Crippen LogP contribution in [0.5, 0.6) is 5.75 Å². The number of benzene rings is 2. The van der Waals surface area contributed by atoms with Crippen molar-refractivity contribution < 1.29 is 29.0 Å². The molecule has 10 nitrogen and oxygen atoms in total. The van der Waals surface area contributed by atoms with Crippen LogP contribution in [0.4, 0.5) is 16.3 Å². The number of carboxylic acid groups (broad SMARTS) is 1. The molecule has 2 amide bonds. The molecule has 36 heavy (non-hydrogen) atoms. The number of anilines is 2. The van der Waals surface area contributed by atoms with Crippen molar-refractivity contribution in [2.45, 2.75) is 13.3 Å². The summed E-state index contributed by atoms with van der Waals surface area (Å²) in [5, 5.41) is 13.1. The maximum Gasteiger partial charge on any atom is 0.409 e. The first-order valence-electron chi connectivity index (χ1n) is 11.7. The van der Waals surface area contributed by atoms with Gasteiger partial charge < -0.3 is 29.7 Å². The van der Waals surface area contributed by atoms with Crippen molar-refractivity contribution in [2.24, 2.45) is 0 Å². The van der Waals surface area contributed by atoms with Gasteiger partial charge in [0, 0.05) is 37.3 Å². The molecule has 0 saturated carbocycles. The third-order valence-electron chi connectivity index (χ3n) is 5.96. The Labute approximate surface area is 208 Å². The number of rotatable bonds is 7. The fourth-order valence-corrected chi connectivity index (χ4v) is 4.10. The van der Waals surface area contributed by atoms with Crippen molar-refractivity contribution in [3.8, 4) is 5.75 Å². The number of carbonyl (C=O) groups excluding carboxylic acids is 2. The van der Waals surface area contributed by atoms with Gasteiger partial charge in [0.2, 0.25) is 5.91 Å². The lowest BCUT2D eigenvalue weighted by atomic mass is 10.1. The standard InChI is InChI=1S/C26H28N4O6/c1-3-36-26(34)30-12-10-29(11-13-30)23-16-21(25(32)33)20-15-18(6-9-22(20)28-23)27-24(31)14-17-4-7-19(35-2)8-5-17/h4-9,15-16H,3,10-14H2,1-2H3,(H,27,31)(H,32,33). The minimum absolute atomic E-state index is 0.0917. The van der Waals surface area contributed by atoms with Crippen molar-refractivity contribution >= 4 is 40.4 Å². The van der Waals surface area contributed by atoms with Gasteiger partial charge in [0.15, 0.2) is 0 Å². The van der Waals surface area contributed by atoms with E-state index in [2.05, 4.69) is 10.3 Å². The summed E-state index contributed by atoms with van der Waals surface area (Å²) in [5.41, 5.74) is 1.91. The minimum Gasteiger partial charge on any atom is -0.497 e. The number of nitrogens with zero attached hydrogens (tertiary/aromatic N) is 3. The van der Waals surface area contributed by atoms with Crippen LogP contribution in [0, 0.1) is 0 Å². The number of carbonyl (C=O) groups is 3. The highest BCUT2D eigenvalue weighted by molar-refractivity contribution is 6.05. The van der Waals surface area contributed by atoms with Gasteiger partial charge in [0.05, 0.1) is 31.2 Å². The first-order chi connectivity index (χ1) is 17.4. The predicted molar refractivity (Wildman–Crippen MR) is 135 cm³/mol. The van der Waals surface area contributed by atoms with E-state index in [-0.39, 0.29) is 24.0 Å². The molecule has 3 aromatic rings. The molecule has 1 saturated heterocycles. The number of piperazine rings is 1. The van der Waals surface area contributed by atoms with Crippen molar-refractivity contribution in [2.75, 3.05) is 50.1 Å². The molecule has 2 N–H and O–H groups in total. The summed E-state index contributed by atoms with van der Waals surface area (Å²) in [7, 11) is 1.58. The molecule has 0 radical (unpaired) electrons. The SMILES string of the molecule is CCOC(=O)N1CCN(c2cc(C(=O)O)c3cc(NC(=O)Cc4ccc(OC)cc4)ccc3n2)CC1. The summed E-state index contributed by atoms with van der Waals surface area (Å²) in [6, 6.07) is 13.8. The lowest BCUT2D eigenvalue weighted by molar-refractivity contribution is -0.115. The second-order valence-electron chi connectivity index (χ2n) is 8.31. The summed E-state index contributed by atoms with van der Waals surface area (Å²) in [5.74, 6) is -0.0710. The average molecular weight is 493 g/mol. The van der Waals surface area contributed by atoms with E-state index in [9.17, 15) is 19.5 Å². The Hall–Kier alpha value is -4.34. The number of hydrogen-bond acceptors (Lipinski definition) is 7. The quantitative estimate of drug-likeness (QED) is 0.515. The Morgan fingerprint density at radius 1 is 1.03 bits per heavy atom. The fourth-order valence-electron chi connectivity index (χ4n) is 4.10. The molecule has 1 aliphatic heterocycles. The number of carboxylic acids is 1. The van der Waals surface area contributed by atoms with Gasteiger partial charge in [-0.15, -0.1) is 0 Å². The molecule has 0 atom stereocenters. The number of methoxy groups -OCH3 is 1. The Morgan fingerprint density at radius 2 is 1.75 bits per heavy atom. The Bertz CT molecular complexity index is 1270. The van der Waals surface area contributed by atoms with E-state index in [0.717, 1.165) is 5.56 Å². The number of aromatic carboxylic acids is 1. The summed E-state index contributed by atoms with van der Waals surface area (Å²) in [6.07, 6.45) is -0.181. The van der Waals surface area contributed by atoms with Crippen molar-refractivity contribution in [1.29, 1.82) is 0 Å². The zero-order chi connectivity index (χ0) is 25.7. The van der Waals surface area contributed by atoms with Crippen LogP contribution in [-0.2, 0) is 16.0 Å². The molecule has 188 valence electrons. The molecular weight excluding hydrogens is 464 g/mol. The summed E-state index contributed by atoms with van der Waals surface area (Å²) >= 11 is 0. The van der Waals surface area contributed by atoms with Crippen molar-refractivity contribution in [1.82, 2.24) is 9.88 Å². The van der Waals surface area contributed by atoms with Crippen LogP contribution < -0.4 is 15.0 Å². The molecule has 1 aromatic heterocycles. The third-order valence-corrected chi connectivity index (χ3v) is 5.96. The monoisotopic (exact) mass is 492 g/mol. The molecule has 1 aliphatic rings. The molecule has 1 fully saturated rings. The zero-order valence-corrected chi connectivity index (χ0v) is 20.2. The number of pyridine rings is 1. The molecule has 2 heterocycles. The van der Waals surface area contributed by atoms with Crippen LogP contribution in [0.2, 0.25) is 0 Å². The van der Waals surface area contributed by atoms with Crippen LogP contribution in [0.25, 0.3) is 10.9 Å². The van der Waals surface area contributed by atoms with Crippen LogP contribution in [-0.4, -0.2) is 72.9 Å². The lowest BCUT2D eigenvalue weighted by Crippen LogP contribution is -2.49. The third kappa shape index (κ3) is 5.65. The van der Waals surface area contributed by atoms with Crippen LogP contribution in [0.1, 0.15) is 22.8 Å². The smallest absolute Gasteiger partial charge is 0.409 e. The first-order valence-corrected chi connectivity index (χ1v) is 11.7. The highest BCUT2D eigenvalue weighted by Crippen LogP contribution is 2.27. The van der Waals surface area contributed by atoms with Crippen LogP contribution in [0.3, 0.4) is 0 Å². The summed E-state index contributed by atoms with van der Waals surface area (Å²) < 4.78 is 10.2. The van der Waals surface area contributed by atoms with Crippen molar-refractivity contribution in [3.63, 3.8) is 0 Å². The van der Waals surface area contributed by atoms with E-state index in [1.165, 1.54) is 6.07 Å². The lowest BCUT2D eigenvalue weighted by Gasteiger charge is -2.35. The van der Waals surface area contributed by atoms with Gasteiger partial charge in [0.1, 0.15) is 11.6 Å². The normalized spacial score (nSPS) is 13.4. The first kappa shape index (κ1) is 24.8. The molecule has 0 spiro atoms. The molecule has 0 unspecified atom stereocenters. The zero-order valence-electron chi connectivity index (χ0n) is 20.2. The van der Waals surface area contributed by atoms with E-state index < -0.39 is 5.97 Å². The Balaban J connectivity index is 1.50. The number of ether oxygens (including phenoxy) is 2. The average Bonchev–Trinajstić information content (AvgIpc) is 2.88. The number of amides is 2. The Morgan fingerprint density at radius 3 is 2.39 bits per heavy atom. The molecular formula is C26H28N4O6.